The van der Waals surface area contributed by atoms with Crippen molar-refractivity contribution in [3.05, 3.63) is 32.7 Å². The van der Waals surface area contributed by atoms with E-state index in [2.05, 4.69) is 37.2 Å². The van der Waals surface area contributed by atoms with Crippen LogP contribution in [0.1, 0.15) is 12.5 Å². The Hall–Kier alpha value is -0.810. The summed E-state index contributed by atoms with van der Waals surface area (Å²) in [6.45, 7) is 1.97. The third-order valence-corrected chi connectivity index (χ3v) is 3.03. The van der Waals surface area contributed by atoms with E-state index in [0.717, 1.165) is 5.56 Å². The van der Waals surface area contributed by atoms with E-state index >= 15 is 0 Å². The predicted molar refractivity (Wildman–Crippen MR) is 71.2 cm³/mol. The highest BCUT2D eigenvalue weighted by atomic mass is 79.9. The van der Waals surface area contributed by atoms with Gasteiger partial charge in [-0.2, -0.15) is 0 Å². The fourth-order valence-corrected chi connectivity index (χ4v) is 2.30. The summed E-state index contributed by atoms with van der Waals surface area (Å²) in [5.41, 5.74) is 0.932. The molecule has 1 rings (SSSR count). The fraction of sp³-hybridized carbons (Fsp3) is 0.182. The van der Waals surface area contributed by atoms with E-state index in [1.165, 1.54) is 6.92 Å². The normalized spacial score (nSPS) is 10.7. The highest BCUT2D eigenvalue weighted by Gasteiger charge is 2.03. The molecule has 86 valence electrons. The lowest BCUT2D eigenvalue weighted by molar-refractivity contribution is -0.118. The minimum Gasteiger partial charge on any atom is -0.506 e. The molecule has 1 amide bonds. The van der Waals surface area contributed by atoms with Gasteiger partial charge in [0.05, 0.1) is 8.95 Å². The Bertz CT molecular complexity index is 407. The number of phenolic OH excluding ortho intramolecular Hbond substituents is 1. The molecule has 1 aromatic rings. The molecule has 3 nitrogen and oxygen atoms in total. The zero-order valence-electron chi connectivity index (χ0n) is 8.63. The van der Waals surface area contributed by atoms with Gasteiger partial charge in [-0.3, -0.25) is 4.79 Å². The quantitative estimate of drug-likeness (QED) is 0.881. The van der Waals surface area contributed by atoms with E-state index in [1.54, 1.807) is 12.1 Å². The molecule has 0 aliphatic rings. The van der Waals surface area contributed by atoms with Crippen LogP contribution in [-0.4, -0.2) is 17.6 Å². The number of rotatable bonds is 3. The molecule has 0 atom stereocenters. The molecule has 0 saturated heterocycles. The van der Waals surface area contributed by atoms with Crippen LogP contribution in [0, 0.1) is 0 Å². The Morgan fingerprint density at radius 2 is 2.00 bits per heavy atom. The van der Waals surface area contributed by atoms with Gasteiger partial charge < -0.3 is 10.4 Å². The SMILES string of the molecule is CC(=O)NCC=Cc1cc(Br)c(O)c(Br)c1. The summed E-state index contributed by atoms with van der Waals surface area (Å²) >= 11 is 6.49. The van der Waals surface area contributed by atoms with Crippen LogP contribution < -0.4 is 5.32 Å². The van der Waals surface area contributed by atoms with Gasteiger partial charge in [-0.15, -0.1) is 0 Å². The van der Waals surface area contributed by atoms with E-state index in [9.17, 15) is 9.90 Å². The first-order chi connectivity index (χ1) is 7.50. The van der Waals surface area contributed by atoms with Gasteiger partial charge in [0.2, 0.25) is 5.91 Å². The number of halogens is 2. The molecule has 0 radical (unpaired) electrons. The van der Waals surface area contributed by atoms with E-state index in [1.807, 2.05) is 12.2 Å². The summed E-state index contributed by atoms with van der Waals surface area (Å²) in [5, 5.41) is 12.2. The van der Waals surface area contributed by atoms with E-state index in [0.29, 0.717) is 15.5 Å². The molecule has 0 aromatic heterocycles. The molecule has 5 heteroatoms. The van der Waals surface area contributed by atoms with Crippen LogP contribution in [-0.2, 0) is 4.79 Å². The maximum atomic E-state index is 10.6. The molecule has 0 unspecified atom stereocenters. The standard InChI is InChI=1S/C11H11Br2NO2/c1-7(15)14-4-2-3-8-5-9(12)11(16)10(13)6-8/h2-3,5-6,16H,4H2,1H3,(H,14,15). The number of aromatic hydroxyl groups is 1. The second-order valence-corrected chi connectivity index (χ2v) is 4.88. The molecule has 0 bridgehead atoms. The van der Waals surface area contributed by atoms with E-state index in [-0.39, 0.29) is 11.7 Å². The van der Waals surface area contributed by atoms with Crippen molar-refractivity contribution >= 4 is 43.8 Å². The molecule has 0 aliphatic heterocycles. The van der Waals surface area contributed by atoms with Crippen molar-refractivity contribution in [2.45, 2.75) is 6.92 Å². The minimum atomic E-state index is -0.0577. The van der Waals surface area contributed by atoms with Crippen molar-refractivity contribution in [3.8, 4) is 5.75 Å². The first-order valence-corrected chi connectivity index (χ1v) is 6.18. The Labute approximate surface area is 111 Å². The van der Waals surface area contributed by atoms with E-state index < -0.39 is 0 Å². The zero-order valence-corrected chi connectivity index (χ0v) is 11.8. The Morgan fingerprint density at radius 3 is 2.50 bits per heavy atom. The van der Waals surface area contributed by atoms with Gasteiger partial charge >= 0.3 is 0 Å². The highest BCUT2D eigenvalue weighted by Crippen LogP contribution is 2.33. The minimum absolute atomic E-state index is 0.0577. The molecule has 0 aliphatic carbocycles. The average Bonchev–Trinajstić information content (AvgIpc) is 2.20. The van der Waals surface area contributed by atoms with Gasteiger partial charge in [0.1, 0.15) is 5.75 Å². The summed E-state index contributed by atoms with van der Waals surface area (Å²) in [7, 11) is 0. The number of phenols is 1. The molecule has 0 fully saturated rings. The third-order valence-electron chi connectivity index (χ3n) is 1.82. The number of benzene rings is 1. The lowest BCUT2D eigenvalue weighted by Crippen LogP contribution is -2.19. The molecule has 0 spiro atoms. The van der Waals surface area contributed by atoms with Crippen LogP contribution in [0.2, 0.25) is 0 Å². The number of hydrogen-bond acceptors (Lipinski definition) is 2. The monoisotopic (exact) mass is 347 g/mol. The van der Waals surface area contributed by atoms with Gasteiger partial charge in [-0.25, -0.2) is 0 Å². The number of nitrogens with one attached hydrogen (secondary N) is 1. The maximum absolute atomic E-state index is 10.6. The van der Waals surface area contributed by atoms with Gasteiger partial charge in [-0.05, 0) is 49.6 Å². The second-order valence-electron chi connectivity index (χ2n) is 3.17. The number of carbonyl (C=O) groups is 1. The highest BCUT2D eigenvalue weighted by molar-refractivity contribution is 9.11. The lowest BCUT2D eigenvalue weighted by Gasteiger charge is -2.02. The summed E-state index contributed by atoms with van der Waals surface area (Å²) in [6, 6.07) is 3.59. The Morgan fingerprint density at radius 1 is 1.44 bits per heavy atom. The smallest absolute Gasteiger partial charge is 0.217 e. The predicted octanol–water partition coefficient (Wildman–Crippen LogP) is 3.07. The van der Waals surface area contributed by atoms with Crippen LogP contribution in [0.4, 0.5) is 0 Å². The number of carbonyl (C=O) groups excluding carboxylic acids is 1. The number of amides is 1. The summed E-state index contributed by atoms with van der Waals surface area (Å²) in [4.78, 5) is 10.6. The van der Waals surface area contributed by atoms with Crippen molar-refractivity contribution in [1.29, 1.82) is 0 Å². The zero-order chi connectivity index (χ0) is 12.1. The third kappa shape index (κ3) is 3.98. The summed E-state index contributed by atoms with van der Waals surface area (Å²) in [5.74, 6) is 0.122. The van der Waals surface area contributed by atoms with Gasteiger partial charge in [-0.1, -0.05) is 12.2 Å². The fourth-order valence-electron chi connectivity index (χ4n) is 1.08. The topological polar surface area (TPSA) is 49.3 Å². The van der Waals surface area contributed by atoms with Crippen molar-refractivity contribution in [3.63, 3.8) is 0 Å². The molecule has 16 heavy (non-hydrogen) atoms. The first-order valence-electron chi connectivity index (χ1n) is 4.59. The lowest BCUT2D eigenvalue weighted by atomic mass is 10.2. The largest absolute Gasteiger partial charge is 0.506 e. The van der Waals surface area contributed by atoms with Crippen LogP contribution in [0.15, 0.2) is 27.2 Å². The van der Waals surface area contributed by atoms with Crippen molar-refractivity contribution in [1.82, 2.24) is 5.32 Å². The molecular weight excluding hydrogens is 338 g/mol. The van der Waals surface area contributed by atoms with Crippen LogP contribution in [0.5, 0.6) is 5.75 Å². The van der Waals surface area contributed by atoms with Crippen LogP contribution in [0.25, 0.3) is 6.08 Å². The van der Waals surface area contributed by atoms with Crippen LogP contribution in [0.3, 0.4) is 0 Å². The van der Waals surface area contributed by atoms with E-state index in [4.69, 9.17) is 0 Å². The molecule has 0 heterocycles. The van der Waals surface area contributed by atoms with Gasteiger partial charge in [0.25, 0.3) is 0 Å². The molecule has 1 aromatic carbocycles. The molecule has 0 saturated carbocycles. The second kappa shape index (κ2) is 6.06. The first kappa shape index (κ1) is 13.3. The van der Waals surface area contributed by atoms with Gasteiger partial charge in [0.15, 0.2) is 0 Å². The van der Waals surface area contributed by atoms with Gasteiger partial charge in [0, 0.05) is 13.5 Å². The maximum Gasteiger partial charge on any atom is 0.217 e. The molecule has 2 N–H and O–H groups in total. The Balaban J connectivity index is 2.71. The van der Waals surface area contributed by atoms with Crippen molar-refractivity contribution < 1.29 is 9.90 Å². The summed E-state index contributed by atoms with van der Waals surface area (Å²) in [6.07, 6.45) is 3.71. The molecular formula is C11H11Br2NO2. The number of hydrogen-bond donors (Lipinski definition) is 2. The van der Waals surface area contributed by atoms with Crippen molar-refractivity contribution in [2.24, 2.45) is 0 Å². The Kier molecular flexibility index (Phi) is 5.02. The van der Waals surface area contributed by atoms with Crippen LogP contribution >= 0.6 is 31.9 Å². The average molecular weight is 349 g/mol. The van der Waals surface area contributed by atoms with Crippen molar-refractivity contribution in [2.75, 3.05) is 6.54 Å². The summed E-state index contributed by atoms with van der Waals surface area (Å²) < 4.78 is 1.25.